The van der Waals surface area contributed by atoms with E-state index in [-0.39, 0.29) is 52.8 Å². The van der Waals surface area contributed by atoms with Crippen molar-refractivity contribution < 1.29 is 37.0 Å². The van der Waals surface area contributed by atoms with Crippen LogP contribution in [0.5, 0.6) is 11.5 Å². The number of benzene rings is 3. The van der Waals surface area contributed by atoms with Gasteiger partial charge in [0.25, 0.3) is 0 Å². The number of amides is 1. The number of carboxylic acid groups (broad SMARTS) is 1. The summed E-state index contributed by atoms with van der Waals surface area (Å²) in [7, 11) is -2.42. The second kappa shape index (κ2) is 13.2. The number of methoxy groups -OCH3 is 1. The van der Waals surface area contributed by atoms with Crippen LogP contribution in [0.25, 0.3) is 10.8 Å². The van der Waals surface area contributed by atoms with Crippen LogP contribution in [0.2, 0.25) is 0 Å². The van der Waals surface area contributed by atoms with E-state index in [0.717, 1.165) is 11.5 Å². The molecule has 3 atom stereocenters. The zero-order valence-electron chi connectivity index (χ0n) is 25.6. The van der Waals surface area contributed by atoms with Gasteiger partial charge in [-0.05, 0) is 60.7 Å². The molecule has 4 aromatic rings. The molecule has 0 saturated carbocycles. The number of pyridine rings is 1. The number of carbonyl (C=O) groups excluding carboxylic acids is 1. The first-order valence-corrected chi connectivity index (χ1v) is 16.4. The number of nitrogens with zero attached hydrogens (tertiary/aromatic N) is 2. The van der Waals surface area contributed by atoms with Crippen LogP contribution in [0.4, 0.5) is 15.9 Å². The summed E-state index contributed by atoms with van der Waals surface area (Å²) < 4.78 is 53.1. The third-order valence-electron chi connectivity index (χ3n) is 8.20. The second-order valence-corrected chi connectivity index (χ2v) is 13.1. The van der Waals surface area contributed by atoms with Gasteiger partial charge in [0.2, 0.25) is 5.91 Å². The fourth-order valence-electron chi connectivity index (χ4n) is 5.94. The fourth-order valence-corrected chi connectivity index (χ4v) is 7.09. The van der Waals surface area contributed by atoms with Crippen molar-refractivity contribution in [2.24, 2.45) is 5.92 Å². The van der Waals surface area contributed by atoms with Gasteiger partial charge in [0.15, 0.2) is 21.3 Å². The fraction of sp³-hybridized carbons (Fsp3) is 0.303. The maximum atomic E-state index is 15.9. The first-order chi connectivity index (χ1) is 22.0. The Morgan fingerprint density at radius 2 is 1.89 bits per heavy atom. The molecule has 242 valence electrons. The van der Waals surface area contributed by atoms with Crippen molar-refractivity contribution >= 4 is 44.0 Å². The van der Waals surface area contributed by atoms with Crippen LogP contribution >= 0.6 is 0 Å². The van der Waals surface area contributed by atoms with Gasteiger partial charge in [0, 0.05) is 35.4 Å². The van der Waals surface area contributed by atoms with Crippen molar-refractivity contribution in [2.75, 3.05) is 37.1 Å². The van der Waals surface area contributed by atoms with Crippen LogP contribution in [-0.2, 0) is 19.4 Å². The van der Waals surface area contributed by atoms with Crippen molar-refractivity contribution in [1.82, 2.24) is 9.88 Å². The number of halogens is 1. The molecule has 1 aliphatic rings. The molecular weight excluding hydrogens is 615 g/mol. The number of sulfone groups is 1. The topological polar surface area (TPSA) is 161 Å². The van der Waals surface area contributed by atoms with E-state index < -0.39 is 45.5 Å². The van der Waals surface area contributed by atoms with Gasteiger partial charge in [-0.2, -0.15) is 0 Å². The lowest BCUT2D eigenvalue weighted by atomic mass is 9.93. The highest BCUT2D eigenvalue weighted by atomic mass is 32.2. The van der Waals surface area contributed by atoms with Crippen molar-refractivity contribution in [3.63, 3.8) is 0 Å². The summed E-state index contributed by atoms with van der Waals surface area (Å²) in [5, 5.41) is 14.7. The van der Waals surface area contributed by atoms with Gasteiger partial charge >= 0.3 is 5.97 Å². The molecule has 2 heterocycles. The average Bonchev–Trinajstić information content (AvgIpc) is 3.50. The molecule has 5 rings (SSSR count). The lowest BCUT2D eigenvalue weighted by molar-refractivity contribution is -0.143. The lowest BCUT2D eigenvalue weighted by Crippen LogP contribution is -2.40. The average molecular weight is 651 g/mol. The van der Waals surface area contributed by atoms with Crippen LogP contribution < -0.4 is 20.5 Å². The highest BCUT2D eigenvalue weighted by Gasteiger charge is 2.46. The van der Waals surface area contributed by atoms with Crippen molar-refractivity contribution in [1.29, 1.82) is 0 Å². The number of aromatic nitrogens is 1. The first-order valence-electron chi connectivity index (χ1n) is 14.8. The molecule has 3 aromatic carbocycles. The Bertz CT molecular complexity index is 1900. The number of anilines is 2. The van der Waals surface area contributed by atoms with Crippen LogP contribution in [0.1, 0.15) is 43.5 Å². The van der Waals surface area contributed by atoms with Crippen LogP contribution in [0, 0.1) is 11.7 Å². The monoisotopic (exact) mass is 650 g/mol. The zero-order valence-corrected chi connectivity index (χ0v) is 26.4. The first kappa shape index (κ1) is 32.5. The van der Waals surface area contributed by atoms with E-state index in [2.05, 4.69) is 10.3 Å². The molecule has 1 unspecified atom stereocenters. The maximum Gasteiger partial charge on any atom is 0.309 e. The smallest absolute Gasteiger partial charge is 0.309 e. The maximum absolute atomic E-state index is 15.9. The van der Waals surface area contributed by atoms with Gasteiger partial charge in [-0.15, -0.1) is 0 Å². The number of carbonyl (C=O) groups is 2. The predicted molar refractivity (Wildman–Crippen MR) is 171 cm³/mol. The van der Waals surface area contributed by atoms with Crippen molar-refractivity contribution in [3.05, 3.63) is 83.8 Å². The molecule has 1 aromatic heterocycles. The number of ether oxygens (including phenoxy) is 2. The molecule has 0 radical (unpaired) electrons. The van der Waals surface area contributed by atoms with E-state index in [4.69, 9.17) is 15.2 Å². The number of nitrogens with two attached hydrogens (primary N) is 1. The molecule has 13 heteroatoms. The summed E-state index contributed by atoms with van der Waals surface area (Å²) in [5.74, 6) is -3.26. The Labute approximate surface area is 266 Å². The number of hydrogen-bond acceptors (Lipinski definition) is 9. The third kappa shape index (κ3) is 6.14. The van der Waals surface area contributed by atoms with E-state index in [9.17, 15) is 23.1 Å². The Hall–Kier alpha value is -4.91. The molecule has 0 bridgehead atoms. The largest absolute Gasteiger partial charge is 0.493 e. The molecule has 4 N–H and O–H groups in total. The number of fused-ring (bicyclic) bond motifs is 1. The second-order valence-electron chi connectivity index (χ2n) is 10.8. The van der Waals surface area contributed by atoms with Crippen molar-refractivity contribution in [3.8, 4) is 11.5 Å². The minimum Gasteiger partial charge on any atom is -0.493 e. The van der Waals surface area contributed by atoms with E-state index in [1.54, 1.807) is 49.5 Å². The molecule has 1 aliphatic heterocycles. The number of rotatable bonds is 11. The molecule has 1 amide bonds. The summed E-state index contributed by atoms with van der Waals surface area (Å²) in [6.45, 7) is 3.48. The molecule has 1 saturated heterocycles. The SMILES string of the molecule is CCOc1cc(C(Nc2ccc3c(N)nccc3c2)C(=O)N2CC[C@H](C(=O)O)[C@@H]2c2ccccc2S(=O)(=O)CC)c(F)cc1OC. The number of aliphatic carboxylic acids is 1. The zero-order chi connectivity index (χ0) is 33.2. The van der Waals surface area contributed by atoms with Crippen molar-refractivity contribution in [2.45, 2.75) is 37.2 Å². The third-order valence-corrected chi connectivity index (χ3v) is 10.00. The van der Waals surface area contributed by atoms with E-state index in [0.29, 0.717) is 16.9 Å². The molecule has 0 spiro atoms. The molecule has 46 heavy (non-hydrogen) atoms. The van der Waals surface area contributed by atoms with Gasteiger partial charge < -0.3 is 30.5 Å². The van der Waals surface area contributed by atoms with Gasteiger partial charge in [-0.1, -0.05) is 25.1 Å². The summed E-state index contributed by atoms with van der Waals surface area (Å²) in [6, 6.07) is 13.0. The molecule has 0 aliphatic carbocycles. The lowest BCUT2D eigenvalue weighted by Gasteiger charge is -2.32. The molecule has 1 fully saturated rings. The number of likely N-dealkylation sites (tertiary alicyclic amines) is 1. The Morgan fingerprint density at radius 3 is 2.59 bits per heavy atom. The summed E-state index contributed by atoms with van der Waals surface area (Å²) in [4.78, 5) is 32.6. The van der Waals surface area contributed by atoms with Gasteiger partial charge in [0.05, 0.1) is 36.3 Å². The standard InChI is InChI=1S/C33H35FN4O7S/c1-4-45-27-17-24(25(34)18-26(27)44-3)29(37-20-10-11-21-19(16-20)12-14-36-31(21)35)32(39)38-15-13-23(33(40)41)30(38)22-8-6-7-9-28(22)46(42,43)5-2/h6-12,14,16-18,23,29-30,37H,4-5,13,15H2,1-3H3,(H2,35,36)(H,40,41)/t23-,29?,30-/m0/s1. The van der Waals surface area contributed by atoms with E-state index in [1.165, 1.54) is 37.1 Å². The van der Waals surface area contributed by atoms with Crippen LogP contribution in [-0.4, -0.2) is 61.3 Å². The Morgan fingerprint density at radius 1 is 1.13 bits per heavy atom. The van der Waals surface area contributed by atoms with E-state index in [1.807, 2.05) is 0 Å². The van der Waals surface area contributed by atoms with Crippen LogP contribution in [0.3, 0.4) is 0 Å². The van der Waals surface area contributed by atoms with Gasteiger partial charge in [0.1, 0.15) is 17.7 Å². The highest BCUT2D eigenvalue weighted by molar-refractivity contribution is 7.91. The van der Waals surface area contributed by atoms with Crippen LogP contribution in [0.15, 0.2) is 71.8 Å². The number of nitrogens with one attached hydrogen (secondary N) is 1. The predicted octanol–water partition coefficient (Wildman–Crippen LogP) is 4.98. The van der Waals surface area contributed by atoms with E-state index >= 15 is 4.39 Å². The Kier molecular flexibility index (Phi) is 9.33. The molecule has 11 nitrogen and oxygen atoms in total. The summed E-state index contributed by atoms with van der Waals surface area (Å²) >= 11 is 0. The van der Waals surface area contributed by atoms with Gasteiger partial charge in [-0.3, -0.25) is 9.59 Å². The molecular formula is C33H35FN4O7S. The minimum absolute atomic E-state index is 0.00479. The summed E-state index contributed by atoms with van der Waals surface area (Å²) in [5.41, 5.74) is 6.59. The van der Waals surface area contributed by atoms with Gasteiger partial charge in [-0.25, -0.2) is 17.8 Å². The number of hydrogen-bond donors (Lipinski definition) is 3. The number of nitrogen functional groups attached to an aromatic ring is 1. The highest BCUT2D eigenvalue weighted by Crippen LogP contribution is 2.43. The number of carboxylic acids is 1. The quantitative estimate of drug-likeness (QED) is 0.202. The normalized spacial score (nSPS) is 17.1. The Balaban J connectivity index is 1.66. The minimum atomic E-state index is -3.79. The summed E-state index contributed by atoms with van der Waals surface area (Å²) in [6.07, 6.45) is 1.61.